The molecule has 158 valence electrons. The van der Waals surface area contributed by atoms with Gasteiger partial charge in [0.25, 0.3) is 5.91 Å². The van der Waals surface area contributed by atoms with Gasteiger partial charge in [-0.05, 0) is 55.5 Å². The van der Waals surface area contributed by atoms with Crippen molar-refractivity contribution in [3.8, 4) is 5.75 Å². The van der Waals surface area contributed by atoms with Gasteiger partial charge < -0.3 is 10.1 Å². The van der Waals surface area contributed by atoms with Gasteiger partial charge in [0.15, 0.2) is 6.10 Å². The van der Waals surface area contributed by atoms with Crippen molar-refractivity contribution in [1.29, 1.82) is 0 Å². The number of carbonyl (C=O) groups excluding carboxylic acids is 1. The van der Waals surface area contributed by atoms with Crippen LogP contribution < -0.4 is 14.8 Å². The summed E-state index contributed by atoms with van der Waals surface area (Å²) in [7, 11) is -3.63. The molecule has 0 aliphatic heterocycles. The van der Waals surface area contributed by atoms with E-state index in [1.165, 1.54) is 0 Å². The van der Waals surface area contributed by atoms with E-state index in [1.807, 2.05) is 37.3 Å². The summed E-state index contributed by atoms with van der Waals surface area (Å²) >= 11 is 0. The highest BCUT2D eigenvalue weighted by Gasteiger charge is 2.19. The minimum absolute atomic E-state index is 0.0940. The Morgan fingerprint density at radius 1 is 1.03 bits per heavy atom. The first kappa shape index (κ1) is 22.9. The van der Waals surface area contributed by atoms with Gasteiger partial charge in [0.2, 0.25) is 10.0 Å². The summed E-state index contributed by atoms with van der Waals surface area (Å²) in [6, 6.07) is 12.9. The van der Waals surface area contributed by atoms with Crippen LogP contribution in [0.2, 0.25) is 0 Å². The third-order valence-electron chi connectivity index (χ3n) is 4.56. The lowest BCUT2D eigenvalue weighted by atomic mass is 10.0. The van der Waals surface area contributed by atoms with Crippen LogP contribution in [-0.2, 0) is 14.8 Å². The lowest BCUT2D eigenvalue weighted by molar-refractivity contribution is -0.127. The molecule has 0 fully saturated rings. The number of hydrogen-bond acceptors (Lipinski definition) is 4. The molecule has 0 spiro atoms. The Kier molecular flexibility index (Phi) is 7.81. The summed E-state index contributed by atoms with van der Waals surface area (Å²) < 4.78 is 33.3. The summed E-state index contributed by atoms with van der Waals surface area (Å²) in [6.45, 7) is 9.66. The molecule has 6 nitrogen and oxygen atoms in total. The minimum atomic E-state index is -3.63. The summed E-state index contributed by atoms with van der Waals surface area (Å²) in [4.78, 5) is 12.6. The molecule has 29 heavy (non-hydrogen) atoms. The number of carbonyl (C=O) groups is 1. The van der Waals surface area contributed by atoms with Gasteiger partial charge in [0.05, 0.1) is 4.90 Å². The first-order valence-electron chi connectivity index (χ1n) is 9.72. The smallest absolute Gasteiger partial charge is 0.260 e. The average molecular weight is 419 g/mol. The number of amides is 1. The van der Waals surface area contributed by atoms with Crippen molar-refractivity contribution >= 4 is 15.9 Å². The molecule has 0 aliphatic carbocycles. The Morgan fingerprint density at radius 3 is 2.41 bits per heavy atom. The Bertz CT molecular complexity index is 955. The number of sulfonamides is 1. The lowest BCUT2D eigenvalue weighted by Gasteiger charge is -2.18. The fourth-order valence-corrected chi connectivity index (χ4v) is 4.26. The second kappa shape index (κ2) is 9.89. The topological polar surface area (TPSA) is 84.5 Å². The SMILES string of the molecule is Cc1ccc(C)c(S(=O)(=O)NCCNC(=O)C(C)Oc2ccccc2C(C)C)c1. The number of rotatable bonds is 9. The first-order chi connectivity index (χ1) is 13.6. The number of nitrogens with one attached hydrogen (secondary N) is 2. The number of hydrogen-bond donors (Lipinski definition) is 2. The van der Waals surface area contributed by atoms with Crippen molar-refractivity contribution in [2.45, 2.75) is 51.5 Å². The number of benzene rings is 2. The Hall–Kier alpha value is -2.38. The average Bonchev–Trinajstić information content (AvgIpc) is 2.67. The van der Waals surface area contributed by atoms with Crippen molar-refractivity contribution < 1.29 is 17.9 Å². The second-order valence-electron chi connectivity index (χ2n) is 7.41. The quantitative estimate of drug-likeness (QED) is 0.612. The van der Waals surface area contributed by atoms with E-state index in [-0.39, 0.29) is 29.8 Å². The van der Waals surface area contributed by atoms with E-state index in [1.54, 1.807) is 26.0 Å². The zero-order valence-corrected chi connectivity index (χ0v) is 18.5. The lowest BCUT2D eigenvalue weighted by Crippen LogP contribution is -2.40. The number of ether oxygens (including phenoxy) is 1. The van der Waals surface area contributed by atoms with E-state index in [2.05, 4.69) is 23.9 Å². The van der Waals surface area contributed by atoms with Crippen LogP contribution in [0.5, 0.6) is 5.75 Å². The molecule has 2 N–H and O–H groups in total. The molecule has 0 aliphatic rings. The molecule has 0 heterocycles. The predicted octanol–water partition coefficient (Wildman–Crippen LogP) is 3.29. The maximum absolute atomic E-state index is 12.5. The minimum Gasteiger partial charge on any atom is -0.481 e. The van der Waals surface area contributed by atoms with Crippen molar-refractivity contribution in [2.24, 2.45) is 0 Å². The fraction of sp³-hybridized carbons (Fsp3) is 0.409. The van der Waals surface area contributed by atoms with Crippen LogP contribution in [0.25, 0.3) is 0 Å². The van der Waals surface area contributed by atoms with E-state index >= 15 is 0 Å². The number of aryl methyl sites for hydroxylation is 2. The third-order valence-corrected chi connectivity index (χ3v) is 6.17. The molecule has 0 bridgehead atoms. The van der Waals surface area contributed by atoms with Crippen molar-refractivity contribution in [3.05, 3.63) is 59.2 Å². The first-order valence-corrected chi connectivity index (χ1v) is 11.2. The monoisotopic (exact) mass is 418 g/mol. The van der Waals surface area contributed by atoms with Gasteiger partial charge in [-0.3, -0.25) is 4.79 Å². The van der Waals surface area contributed by atoms with Gasteiger partial charge >= 0.3 is 0 Å². The van der Waals surface area contributed by atoms with Crippen LogP contribution in [0, 0.1) is 13.8 Å². The standard InChI is InChI=1S/C22H30N2O4S/c1-15(2)19-8-6-7-9-20(19)28-18(5)22(25)23-12-13-24-29(26,27)21-14-16(3)10-11-17(21)4/h6-11,14-15,18,24H,12-13H2,1-5H3,(H,23,25). The Labute approximate surface area is 173 Å². The van der Waals surface area contributed by atoms with Crippen LogP contribution in [0.1, 0.15) is 43.4 Å². The molecule has 0 saturated heterocycles. The Morgan fingerprint density at radius 2 is 1.72 bits per heavy atom. The molecule has 1 unspecified atom stereocenters. The van der Waals surface area contributed by atoms with Gasteiger partial charge in [0.1, 0.15) is 5.75 Å². The van der Waals surface area contributed by atoms with Crippen molar-refractivity contribution in [2.75, 3.05) is 13.1 Å². The maximum atomic E-state index is 12.5. The molecule has 2 aromatic carbocycles. The molecule has 1 atom stereocenters. The molecule has 0 saturated carbocycles. The fourth-order valence-electron chi connectivity index (χ4n) is 2.90. The number of para-hydroxylation sites is 1. The largest absolute Gasteiger partial charge is 0.481 e. The van der Waals surface area contributed by atoms with E-state index in [4.69, 9.17) is 4.74 Å². The highest BCUT2D eigenvalue weighted by Crippen LogP contribution is 2.26. The summed E-state index contributed by atoms with van der Waals surface area (Å²) in [6.07, 6.45) is -0.689. The van der Waals surface area contributed by atoms with Gasteiger partial charge in [-0.1, -0.05) is 44.2 Å². The van der Waals surface area contributed by atoms with E-state index < -0.39 is 16.1 Å². The summed E-state index contributed by atoms with van der Waals surface area (Å²) in [5.41, 5.74) is 2.59. The molecular formula is C22H30N2O4S. The normalized spacial score (nSPS) is 12.6. The van der Waals surface area contributed by atoms with Gasteiger partial charge in [-0.25, -0.2) is 13.1 Å². The van der Waals surface area contributed by atoms with E-state index in [9.17, 15) is 13.2 Å². The van der Waals surface area contributed by atoms with Crippen molar-refractivity contribution in [1.82, 2.24) is 10.0 Å². The zero-order chi connectivity index (χ0) is 21.6. The molecule has 1 amide bonds. The van der Waals surface area contributed by atoms with Crippen LogP contribution in [0.15, 0.2) is 47.4 Å². The van der Waals surface area contributed by atoms with Gasteiger partial charge in [-0.2, -0.15) is 0 Å². The van der Waals surface area contributed by atoms with E-state index in [0.29, 0.717) is 11.3 Å². The molecule has 7 heteroatoms. The van der Waals surface area contributed by atoms with Crippen LogP contribution in [0.3, 0.4) is 0 Å². The van der Waals surface area contributed by atoms with Crippen LogP contribution in [0.4, 0.5) is 0 Å². The predicted molar refractivity (Wildman–Crippen MR) is 115 cm³/mol. The van der Waals surface area contributed by atoms with Crippen molar-refractivity contribution in [3.63, 3.8) is 0 Å². The maximum Gasteiger partial charge on any atom is 0.260 e. The molecular weight excluding hydrogens is 388 g/mol. The summed E-state index contributed by atoms with van der Waals surface area (Å²) in [5.74, 6) is 0.663. The highest BCUT2D eigenvalue weighted by atomic mass is 32.2. The third kappa shape index (κ3) is 6.30. The van der Waals surface area contributed by atoms with Crippen LogP contribution in [-0.4, -0.2) is 33.5 Å². The molecule has 0 radical (unpaired) electrons. The van der Waals surface area contributed by atoms with Crippen LogP contribution >= 0.6 is 0 Å². The Balaban J connectivity index is 1.87. The zero-order valence-electron chi connectivity index (χ0n) is 17.7. The van der Waals surface area contributed by atoms with Gasteiger partial charge in [0, 0.05) is 13.1 Å². The molecule has 0 aromatic heterocycles. The highest BCUT2D eigenvalue weighted by molar-refractivity contribution is 7.89. The van der Waals surface area contributed by atoms with Gasteiger partial charge in [-0.15, -0.1) is 0 Å². The second-order valence-corrected chi connectivity index (χ2v) is 9.15. The molecule has 2 aromatic rings. The summed E-state index contributed by atoms with van der Waals surface area (Å²) in [5, 5.41) is 2.71. The van der Waals surface area contributed by atoms with E-state index in [0.717, 1.165) is 11.1 Å². The molecule has 2 rings (SSSR count).